The maximum absolute atomic E-state index is 5.89. The molecular formula is C15H18N2O. The van der Waals surface area contributed by atoms with E-state index < -0.39 is 0 Å². The molecule has 2 aromatic rings. The Hall–Kier alpha value is -1.87. The van der Waals surface area contributed by atoms with Crippen molar-refractivity contribution in [2.45, 2.75) is 19.4 Å². The van der Waals surface area contributed by atoms with Crippen LogP contribution in [0.15, 0.2) is 48.8 Å². The van der Waals surface area contributed by atoms with Gasteiger partial charge in [-0.1, -0.05) is 25.1 Å². The van der Waals surface area contributed by atoms with Crippen LogP contribution in [-0.2, 0) is 0 Å². The Morgan fingerprint density at radius 3 is 2.72 bits per heavy atom. The van der Waals surface area contributed by atoms with Crippen molar-refractivity contribution in [2.75, 3.05) is 7.05 Å². The Morgan fingerprint density at radius 1 is 1.22 bits per heavy atom. The minimum atomic E-state index is 0.304. The van der Waals surface area contributed by atoms with Crippen molar-refractivity contribution < 1.29 is 4.74 Å². The lowest BCUT2D eigenvalue weighted by molar-refractivity contribution is 0.457. The molecule has 3 heteroatoms. The van der Waals surface area contributed by atoms with Crippen molar-refractivity contribution in [3.8, 4) is 11.5 Å². The van der Waals surface area contributed by atoms with Crippen LogP contribution in [0.2, 0.25) is 0 Å². The molecule has 0 bridgehead atoms. The lowest BCUT2D eigenvalue weighted by Crippen LogP contribution is -2.15. The average Bonchev–Trinajstić information content (AvgIpc) is 2.43. The molecule has 0 saturated heterocycles. The second-order valence-electron chi connectivity index (χ2n) is 4.08. The monoisotopic (exact) mass is 242 g/mol. The first-order valence-electron chi connectivity index (χ1n) is 6.19. The van der Waals surface area contributed by atoms with Crippen molar-refractivity contribution in [1.82, 2.24) is 10.3 Å². The molecule has 0 fully saturated rings. The number of pyridine rings is 1. The van der Waals surface area contributed by atoms with E-state index in [1.807, 2.05) is 37.4 Å². The van der Waals surface area contributed by atoms with E-state index in [4.69, 9.17) is 4.74 Å². The SMILES string of the molecule is CCC(NC)c1ccccc1Oc1cccnc1. The van der Waals surface area contributed by atoms with E-state index in [1.54, 1.807) is 12.4 Å². The lowest BCUT2D eigenvalue weighted by atomic mass is 10.0. The van der Waals surface area contributed by atoms with Gasteiger partial charge >= 0.3 is 0 Å². The van der Waals surface area contributed by atoms with Gasteiger partial charge in [-0.25, -0.2) is 0 Å². The first kappa shape index (κ1) is 12.6. The lowest BCUT2D eigenvalue weighted by Gasteiger charge is -2.18. The summed E-state index contributed by atoms with van der Waals surface area (Å²) in [4.78, 5) is 4.06. The average molecular weight is 242 g/mol. The van der Waals surface area contributed by atoms with E-state index in [1.165, 1.54) is 5.56 Å². The number of nitrogens with zero attached hydrogens (tertiary/aromatic N) is 1. The molecule has 0 radical (unpaired) electrons. The molecule has 0 aliphatic carbocycles. The summed E-state index contributed by atoms with van der Waals surface area (Å²) in [6, 6.07) is 12.2. The number of benzene rings is 1. The molecule has 2 rings (SSSR count). The zero-order valence-electron chi connectivity index (χ0n) is 10.8. The largest absolute Gasteiger partial charge is 0.455 e. The van der Waals surface area contributed by atoms with E-state index in [-0.39, 0.29) is 0 Å². The first-order valence-corrected chi connectivity index (χ1v) is 6.19. The molecule has 1 aromatic carbocycles. The molecule has 1 unspecified atom stereocenters. The number of aromatic nitrogens is 1. The van der Waals surface area contributed by atoms with Gasteiger partial charge in [-0.2, -0.15) is 0 Å². The van der Waals surface area contributed by atoms with Crippen LogP contribution in [0, 0.1) is 0 Å². The number of rotatable bonds is 5. The third-order valence-corrected chi connectivity index (χ3v) is 2.91. The molecule has 1 atom stereocenters. The molecule has 94 valence electrons. The van der Waals surface area contributed by atoms with Crippen LogP contribution in [0.1, 0.15) is 24.9 Å². The highest BCUT2D eigenvalue weighted by Crippen LogP contribution is 2.30. The fourth-order valence-electron chi connectivity index (χ4n) is 1.98. The van der Waals surface area contributed by atoms with Gasteiger partial charge in [0.2, 0.25) is 0 Å². The third kappa shape index (κ3) is 2.87. The predicted octanol–water partition coefficient (Wildman–Crippen LogP) is 3.54. The summed E-state index contributed by atoms with van der Waals surface area (Å²) in [5.74, 6) is 1.64. The van der Waals surface area contributed by atoms with E-state index in [9.17, 15) is 0 Å². The van der Waals surface area contributed by atoms with Crippen LogP contribution in [0.4, 0.5) is 0 Å². The highest BCUT2D eigenvalue weighted by Gasteiger charge is 2.12. The van der Waals surface area contributed by atoms with Crippen molar-refractivity contribution in [3.63, 3.8) is 0 Å². The van der Waals surface area contributed by atoms with Crippen molar-refractivity contribution >= 4 is 0 Å². The molecular weight excluding hydrogens is 224 g/mol. The van der Waals surface area contributed by atoms with Crippen LogP contribution in [0.3, 0.4) is 0 Å². The minimum Gasteiger partial charge on any atom is -0.455 e. The zero-order valence-corrected chi connectivity index (χ0v) is 10.8. The van der Waals surface area contributed by atoms with E-state index in [2.05, 4.69) is 23.3 Å². The zero-order chi connectivity index (χ0) is 12.8. The molecule has 0 spiro atoms. The molecule has 0 saturated carbocycles. The Bertz CT molecular complexity index is 481. The van der Waals surface area contributed by atoms with Crippen LogP contribution in [-0.4, -0.2) is 12.0 Å². The minimum absolute atomic E-state index is 0.304. The first-order chi connectivity index (χ1) is 8.85. The molecule has 1 N–H and O–H groups in total. The van der Waals surface area contributed by atoms with Crippen LogP contribution >= 0.6 is 0 Å². The maximum Gasteiger partial charge on any atom is 0.145 e. The van der Waals surface area contributed by atoms with Gasteiger partial charge in [0.25, 0.3) is 0 Å². The number of hydrogen-bond donors (Lipinski definition) is 1. The summed E-state index contributed by atoms with van der Waals surface area (Å²) in [6.07, 6.45) is 4.47. The van der Waals surface area contributed by atoms with Gasteiger partial charge in [-0.05, 0) is 31.7 Å². The molecule has 18 heavy (non-hydrogen) atoms. The molecule has 0 amide bonds. The standard InChI is InChI=1S/C15H18N2O/c1-3-14(16-2)13-8-4-5-9-15(13)18-12-7-6-10-17-11-12/h4-11,14,16H,3H2,1-2H3. The maximum atomic E-state index is 5.89. The Morgan fingerprint density at radius 2 is 2.06 bits per heavy atom. The Balaban J connectivity index is 2.28. The summed E-state index contributed by atoms with van der Waals surface area (Å²) < 4.78 is 5.89. The molecule has 1 aromatic heterocycles. The third-order valence-electron chi connectivity index (χ3n) is 2.91. The van der Waals surface area contributed by atoms with Gasteiger partial charge in [0.15, 0.2) is 0 Å². The van der Waals surface area contributed by atoms with Crippen LogP contribution in [0.5, 0.6) is 11.5 Å². The van der Waals surface area contributed by atoms with E-state index in [0.717, 1.165) is 17.9 Å². The van der Waals surface area contributed by atoms with Gasteiger partial charge in [0.05, 0.1) is 6.20 Å². The summed E-state index contributed by atoms with van der Waals surface area (Å²) >= 11 is 0. The van der Waals surface area contributed by atoms with Crippen molar-refractivity contribution in [1.29, 1.82) is 0 Å². The highest BCUT2D eigenvalue weighted by molar-refractivity contribution is 5.39. The fraction of sp³-hybridized carbons (Fsp3) is 0.267. The quantitative estimate of drug-likeness (QED) is 0.870. The van der Waals surface area contributed by atoms with E-state index >= 15 is 0 Å². The normalized spacial score (nSPS) is 12.1. The summed E-state index contributed by atoms with van der Waals surface area (Å²) in [5.41, 5.74) is 1.17. The second kappa shape index (κ2) is 6.17. The number of nitrogens with one attached hydrogen (secondary N) is 1. The fourth-order valence-corrected chi connectivity index (χ4v) is 1.98. The number of ether oxygens (including phenoxy) is 1. The highest BCUT2D eigenvalue weighted by atomic mass is 16.5. The van der Waals surface area contributed by atoms with Gasteiger partial charge in [0, 0.05) is 17.8 Å². The van der Waals surface area contributed by atoms with Gasteiger partial charge in [-0.3, -0.25) is 4.98 Å². The number of hydrogen-bond acceptors (Lipinski definition) is 3. The topological polar surface area (TPSA) is 34.1 Å². The Kier molecular flexibility index (Phi) is 4.31. The second-order valence-corrected chi connectivity index (χ2v) is 4.08. The van der Waals surface area contributed by atoms with Crippen molar-refractivity contribution in [3.05, 3.63) is 54.4 Å². The van der Waals surface area contributed by atoms with Gasteiger partial charge in [0.1, 0.15) is 11.5 Å². The van der Waals surface area contributed by atoms with Crippen LogP contribution in [0.25, 0.3) is 0 Å². The molecule has 3 nitrogen and oxygen atoms in total. The molecule has 0 aliphatic rings. The van der Waals surface area contributed by atoms with E-state index in [0.29, 0.717) is 6.04 Å². The summed E-state index contributed by atoms with van der Waals surface area (Å²) in [5, 5.41) is 3.30. The van der Waals surface area contributed by atoms with Crippen LogP contribution < -0.4 is 10.1 Å². The Labute approximate surface area is 108 Å². The number of para-hydroxylation sites is 1. The summed E-state index contributed by atoms with van der Waals surface area (Å²) in [6.45, 7) is 2.15. The van der Waals surface area contributed by atoms with Gasteiger partial charge in [-0.15, -0.1) is 0 Å². The molecule has 0 aliphatic heterocycles. The molecule has 1 heterocycles. The predicted molar refractivity (Wildman–Crippen MR) is 72.8 cm³/mol. The van der Waals surface area contributed by atoms with Gasteiger partial charge < -0.3 is 10.1 Å². The summed E-state index contributed by atoms with van der Waals surface area (Å²) in [7, 11) is 1.97. The smallest absolute Gasteiger partial charge is 0.145 e. The van der Waals surface area contributed by atoms with Crippen molar-refractivity contribution in [2.24, 2.45) is 0 Å².